The van der Waals surface area contributed by atoms with Crippen LogP contribution in [-0.4, -0.2) is 43.8 Å². The van der Waals surface area contributed by atoms with Gasteiger partial charge in [-0.2, -0.15) is 13.2 Å². The molecule has 3 aromatic rings. The monoisotopic (exact) mass is 717 g/mol. The molecule has 0 unspecified atom stereocenters. The van der Waals surface area contributed by atoms with Crippen LogP contribution in [0.25, 0.3) is 0 Å². The SMILES string of the molecule is CC[C@@H](C(=O)NC1CCCCC1)N(Cc1ccc(Cl)c(Cl)c1)C(=O)CN(c1cc(C(F)(F)F)ccc1Cl)S(=O)(=O)c1ccccc1. The van der Waals surface area contributed by atoms with Gasteiger partial charge in [0.1, 0.15) is 12.6 Å². The van der Waals surface area contributed by atoms with E-state index in [4.69, 9.17) is 34.8 Å². The molecular weight excluding hydrogens is 686 g/mol. The van der Waals surface area contributed by atoms with E-state index in [0.29, 0.717) is 15.9 Å². The van der Waals surface area contributed by atoms with Crippen LogP contribution in [0.15, 0.2) is 71.6 Å². The fourth-order valence-corrected chi connectivity index (χ4v) is 7.45. The van der Waals surface area contributed by atoms with Gasteiger partial charge in [-0.3, -0.25) is 13.9 Å². The van der Waals surface area contributed by atoms with Crippen LogP contribution < -0.4 is 9.62 Å². The number of amides is 2. The molecule has 0 aromatic heterocycles. The topological polar surface area (TPSA) is 86.8 Å². The number of rotatable bonds is 11. The lowest BCUT2D eigenvalue weighted by Gasteiger charge is -2.34. The lowest BCUT2D eigenvalue weighted by atomic mass is 9.95. The van der Waals surface area contributed by atoms with Crippen LogP contribution in [-0.2, 0) is 32.3 Å². The molecule has 14 heteroatoms. The van der Waals surface area contributed by atoms with Gasteiger partial charge in [-0.25, -0.2) is 8.42 Å². The van der Waals surface area contributed by atoms with Gasteiger partial charge < -0.3 is 10.2 Å². The number of nitrogens with one attached hydrogen (secondary N) is 1. The lowest BCUT2D eigenvalue weighted by molar-refractivity contribution is -0.140. The number of nitrogens with zero attached hydrogens (tertiary/aromatic N) is 2. The molecule has 0 aliphatic heterocycles. The highest BCUT2D eigenvalue weighted by molar-refractivity contribution is 7.92. The second-order valence-corrected chi connectivity index (χ2v) is 14.1. The summed E-state index contributed by atoms with van der Waals surface area (Å²) in [5.41, 5.74) is -1.19. The van der Waals surface area contributed by atoms with Gasteiger partial charge in [0, 0.05) is 12.6 Å². The highest BCUT2D eigenvalue weighted by Crippen LogP contribution is 2.37. The third-order valence-electron chi connectivity index (χ3n) is 7.83. The van der Waals surface area contributed by atoms with E-state index >= 15 is 0 Å². The first kappa shape index (κ1) is 35.9. The van der Waals surface area contributed by atoms with Crippen molar-refractivity contribution >= 4 is 62.3 Å². The van der Waals surface area contributed by atoms with E-state index in [1.807, 2.05) is 0 Å². The minimum Gasteiger partial charge on any atom is -0.352 e. The smallest absolute Gasteiger partial charge is 0.352 e. The lowest BCUT2D eigenvalue weighted by Crippen LogP contribution is -2.54. The Bertz CT molecular complexity index is 1650. The number of carbonyl (C=O) groups excluding carboxylic acids is 2. The van der Waals surface area contributed by atoms with Crippen molar-refractivity contribution in [2.45, 2.75) is 75.1 Å². The first-order chi connectivity index (χ1) is 21.7. The quantitative estimate of drug-likeness (QED) is 0.217. The van der Waals surface area contributed by atoms with Gasteiger partial charge in [-0.05, 0) is 67.3 Å². The van der Waals surface area contributed by atoms with E-state index in [1.54, 1.807) is 19.1 Å². The van der Waals surface area contributed by atoms with Gasteiger partial charge in [0.15, 0.2) is 0 Å². The second-order valence-electron chi connectivity index (χ2n) is 11.0. The Hall–Kier alpha value is -2.99. The van der Waals surface area contributed by atoms with Crippen molar-refractivity contribution in [1.82, 2.24) is 10.2 Å². The molecule has 46 heavy (non-hydrogen) atoms. The molecule has 2 amide bonds. The normalized spacial score (nSPS) is 14.8. The van der Waals surface area contributed by atoms with Gasteiger partial charge in [0.25, 0.3) is 10.0 Å². The van der Waals surface area contributed by atoms with Gasteiger partial charge >= 0.3 is 6.18 Å². The van der Waals surface area contributed by atoms with E-state index < -0.39 is 51.9 Å². The van der Waals surface area contributed by atoms with Crippen LogP contribution >= 0.6 is 34.8 Å². The van der Waals surface area contributed by atoms with Gasteiger partial charge in [0.05, 0.1) is 31.2 Å². The zero-order valence-corrected chi connectivity index (χ0v) is 28.0. The molecule has 1 aliphatic carbocycles. The Morgan fingerprint density at radius 1 is 0.913 bits per heavy atom. The highest BCUT2D eigenvalue weighted by atomic mass is 35.5. The van der Waals surface area contributed by atoms with Crippen molar-refractivity contribution in [1.29, 1.82) is 0 Å². The Morgan fingerprint density at radius 2 is 1.57 bits per heavy atom. The molecule has 4 rings (SSSR count). The van der Waals surface area contributed by atoms with Crippen molar-refractivity contribution in [3.8, 4) is 0 Å². The highest BCUT2D eigenvalue weighted by Gasteiger charge is 2.37. The molecule has 1 aliphatic rings. The number of halogens is 6. The molecule has 0 heterocycles. The number of hydrogen-bond donors (Lipinski definition) is 1. The zero-order chi connectivity index (χ0) is 33.6. The summed E-state index contributed by atoms with van der Waals surface area (Å²) >= 11 is 18.6. The Labute approximate surface area is 281 Å². The van der Waals surface area contributed by atoms with Crippen LogP contribution in [0.4, 0.5) is 18.9 Å². The molecule has 0 bridgehead atoms. The Morgan fingerprint density at radius 3 is 2.17 bits per heavy atom. The van der Waals surface area contributed by atoms with Crippen molar-refractivity contribution in [2.24, 2.45) is 0 Å². The van der Waals surface area contributed by atoms with Gasteiger partial charge in [-0.1, -0.05) is 85.3 Å². The fourth-order valence-electron chi connectivity index (χ4n) is 5.41. The summed E-state index contributed by atoms with van der Waals surface area (Å²) in [6.07, 6.45) is -0.0951. The predicted octanol–water partition coefficient (Wildman–Crippen LogP) is 8.12. The van der Waals surface area contributed by atoms with Gasteiger partial charge in [0.2, 0.25) is 11.8 Å². The third-order valence-corrected chi connectivity index (χ3v) is 10.7. The Kier molecular flexibility index (Phi) is 11.9. The standard InChI is InChI=1S/C32H33Cl3F3N3O4S/c1-2-28(31(43)39-23-9-5-3-6-10-23)40(19-21-13-15-25(33)27(35)17-21)30(42)20-41(46(44,45)24-11-7-4-8-12-24)29-18-22(32(36,37)38)14-16-26(29)34/h4,7-8,11-18,23,28H,2-3,5-6,9-10,19-20H2,1H3,(H,39,43)/t28-/m0/s1. The first-order valence-electron chi connectivity index (χ1n) is 14.7. The summed E-state index contributed by atoms with van der Waals surface area (Å²) in [6, 6.07) is 12.8. The molecule has 0 spiro atoms. The van der Waals surface area contributed by atoms with Crippen molar-refractivity contribution in [3.05, 3.63) is 92.9 Å². The van der Waals surface area contributed by atoms with Crippen LogP contribution in [0.2, 0.25) is 15.1 Å². The maximum absolute atomic E-state index is 14.3. The second kappa shape index (κ2) is 15.3. The van der Waals surface area contributed by atoms with E-state index in [1.165, 1.54) is 41.3 Å². The molecule has 3 aromatic carbocycles. The summed E-state index contributed by atoms with van der Waals surface area (Å²) < 4.78 is 69.8. The van der Waals surface area contributed by atoms with Crippen LogP contribution in [0.3, 0.4) is 0 Å². The van der Waals surface area contributed by atoms with Crippen LogP contribution in [0.1, 0.15) is 56.6 Å². The minimum atomic E-state index is -4.82. The van der Waals surface area contributed by atoms with Crippen molar-refractivity contribution in [2.75, 3.05) is 10.8 Å². The minimum absolute atomic E-state index is 0.0731. The van der Waals surface area contributed by atoms with Crippen LogP contribution in [0, 0.1) is 0 Å². The summed E-state index contributed by atoms with van der Waals surface area (Å²) in [5, 5.41) is 3.18. The summed E-state index contributed by atoms with van der Waals surface area (Å²) in [4.78, 5) is 28.9. The number of hydrogen-bond acceptors (Lipinski definition) is 4. The molecule has 248 valence electrons. The molecular formula is C32H33Cl3F3N3O4S. The molecule has 1 N–H and O–H groups in total. The summed E-state index contributed by atoms with van der Waals surface area (Å²) in [5.74, 6) is -1.26. The summed E-state index contributed by atoms with van der Waals surface area (Å²) in [6.45, 7) is 0.594. The average molecular weight is 719 g/mol. The largest absolute Gasteiger partial charge is 0.416 e. The van der Waals surface area contributed by atoms with E-state index in [-0.39, 0.29) is 39.0 Å². The molecule has 1 saturated carbocycles. The van der Waals surface area contributed by atoms with E-state index in [9.17, 15) is 31.2 Å². The predicted molar refractivity (Wildman–Crippen MR) is 174 cm³/mol. The molecule has 0 radical (unpaired) electrons. The maximum Gasteiger partial charge on any atom is 0.416 e. The van der Waals surface area contributed by atoms with Crippen molar-refractivity contribution < 1.29 is 31.2 Å². The summed E-state index contributed by atoms with van der Waals surface area (Å²) in [7, 11) is -4.63. The number of anilines is 1. The number of alkyl halides is 3. The molecule has 0 saturated heterocycles. The molecule has 7 nitrogen and oxygen atoms in total. The van der Waals surface area contributed by atoms with Crippen LogP contribution in [0.5, 0.6) is 0 Å². The Balaban J connectivity index is 1.79. The zero-order valence-electron chi connectivity index (χ0n) is 24.9. The molecule has 1 fully saturated rings. The first-order valence-corrected chi connectivity index (χ1v) is 17.3. The van der Waals surface area contributed by atoms with E-state index in [2.05, 4.69) is 5.32 Å². The van der Waals surface area contributed by atoms with Gasteiger partial charge in [-0.15, -0.1) is 0 Å². The average Bonchev–Trinajstić information content (AvgIpc) is 3.02. The fraction of sp³-hybridized carbons (Fsp3) is 0.375. The number of carbonyl (C=O) groups is 2. The number of benzene rings is 3. The van der Waals surface area contributed by atoms with Crippen molar-refractivity contribution in [3.63, 3.8) is 0 Å². The third kappa shape index (κ3) is 8.67. The molecule has 1 atom stereocenters. The maximum atomic E-state index is 14.3. The number of sulfonamides is 1. The van der Waals surface area contributed by atoms with E-state index in [0.717, 1.165) is 44.2 Å².